The smallest absolute Gasteiger partial charge is 0.219 e. The van der Waals surface area contributed by atoms with Crippen molar-refractivity contribution in [2.75, 3.05) is 13.1 Å². The van der Waals surface area contributed by atoms with E-state index in [9.17, 15) is 22.0 Å². The Kier molecular flexibility index (Phi) is 5.36. The molecule has 0 aliphatic carbocycles. The molecule has 1 aliphatic heterocycles. The van der Waals surface area contributed by atoms with Crippen LogP contribution in [0.1, 0.15) is 38.3 Å². The largest absolute Gasteiger partial charge is 0.342 e. The molecule has 23 heavy (non-hydrogen) atoms. The average molecular weight is 346 g/mol. The van der Waals surface area contributed by atoms with Gasteiger partial charge >= 0.3 is 0 Å². The molecule has 1 aliphatic rings. The predicted molar refractivity (Wildman–Crippen MR) is 82.1 cm³/mol. The van der Waals surface area contributed by atoms with Crippen molar-refractivity contribution in [2.45, 2.75) is 38.0 Å². The lowest BCUT2D eigenvalue weighted by molar-refractivity contribution is -0.129. The maximum Gasteiger partial charge on any atom is 0.219 e. The van der Waals surface area contributed by atoms with Crippen LogP contribution >= 0.6 is 0 Å². The highest BCUT2D eigenvalue weighted by molar-refractivity contribution is 7.90. The molecule has 0 aromatic heterocycles. The summed E-state index contributed by atoms with van der Waals surface area (Å²) in [6.07, 6.45) is 1.08. The average Bonchev–Trinajstić information content (AvgIpc) is 2.49. The molecular formula is C15H20F2N2O3S. The van der Waals surface area contributed by atoms with Crippen LogP contribution in [0.4, 0.5) is 8.78 Å². The first-order valence-electron chi connectivity index (χ1n) is 7.42. The Bertz CT molecular complexity index is 694. The minimum Gasteiger partial charge on any atom is -0.342 e. The Morgan fingerprint density at radius 3 is 2.65 bits per heavy atom. The molecule has 0 unspecified atom stereocenters. The van der Waals surface area contributed by atoms with E-state index in [4.69, 9.17) is 0 Å². The molecule has 0 radical (unpaired) electrons. The SMILES string of the molecule is CC(=O)N1CCC[C@@H](S(=O)(=O)N[C@@H](C)c2ccc(F)c(F)c2)C1. The normalized spacial score (nSPS) is 20.3. The molecule has 128 valence electrons. The van der Waals surface area contributed by atoms with Crippen molar-refractivity contribution < 1.29 is 22.0 Å². The molecular weight excluding hydrogens is 326 g/mol. The van der Waals surface area contributed by atoms with Crippen LogP contribution in [0.25, 0.3) is 0 Å². The number of amides is 1. The predicted octanol–water partition coefficient (Wildman–Crippen LogP) is 1.96. The maximum absolute atomic E-state index is 13.3. The van der Waals surface area contributed by atoms with Gasteiger partial charge in [-0.1, -0.05) is 6.07 Å². The second-order valence-electron chi connectivity index (χ2n) is 5.79. The minimum atomic E-state index is -3.68. The van der Waals surface area contributed by atoms with E-state index in [0.29, 0.717) is 24.9 Å². The van der Waals surface area contributed by atoms with E-state index in [1.807, 2.05) is 0 Å². The van der Waals surface area contributed by atoms with Gasteiger partial charge in [0.05, 0.1) is 5.25 Å². The standard InChI is InChI=1S/C15H20F2N2O3S/c1-10(12-5-6-14(16)15(17)8-12)18-23(21,22)13-4-3-7-19(9-13)11(2)20/h5-6,8,10,13,18H,3-4,7,9H2,1-2H3/t10-,13+/m0/s1. The number of piperidine rings is 1. The summed E-state index contributed by atoms with van der Waals surface area (Å²) in [6.45, 7) is 3.68. The molecule has 1 fully saturated rings. The van der Waals surface area contributed by atoms with Crippen molar-refractivity contribution in [2.24, 2.45) is 0 Å². The first kappa shape index (κ1) is 17.8. The summed E-state index contributed by atoms with van der Waals surface area (Å²) in [5.74, 6) is -2.15. The van der Waals surface area contributed by atoms with Crippen molar-refractivity contribution in [3.63, 3.8) is 0 Å². The van der Waals surface area contributed by atoms with Crippen LogP contribution in [-0.4, -0.2) is 37.6 Å². The molecule has 1 saturated heterocycles. The zero-order valence-corrected chi connectivity index (χ0v) is 13.9. The van der Waals surface area contributed by atoms with E-state index in [1.54, 1.807) is 6.92 Å². The van der Waals surface area contributed by atoms with Gasteiger partial charge in [0, 0.05) is 26.1 Å². The monoisotopic (exact) mass is 346 g/mol. The van der Waals surface area contributed by atoms with Gasteiger partial charge in [0.15, 0.2) is 11.6 Å². The number of carbonyl (C=O) groups is 1. The Morgan fingerprint density at radius 2 is 2.04 bits per heavy atom. The molecule has 1 aromatic carbocycles. The molecule has 2 atom stereocenters. The number of benzene rings is 1. The summed E-state index contributed by atoms with van der Waals surface area (Å²) in [6, 6.07) is 2.59. The summed E-state index contributed by atoms with van der Waals surface area (Å²) in [4.78, 5) is 12.9. The van der Waals surface area contributed by atoms with Crippen molar-refractivity contribution in [3.05, 3.63) is 35.4 Å². The van der Waals surface area contributed by atoms with Crippen LogP contribution in [0.15, 0.2) is 18.2 Å². The molecule has 0 spiro atoms. The summed E-state index contributed by atoms with van der Waals surface area (Å²) < 4.78 is 53.7. The third-order valence-corrected chi connectivity index (χ3v) is 5.99. The summed E-state index contributed by atoms with van der Waals surface area (Å²) in [7, 11) is -3.68. The van der Waals surface area contributed by atoms with Crippen LogP contribution in [0.3, 0.4) is 0 Å². The zero-order valence-electron chi connectivity index (χ0n) is 13.1. The Hall–Kier alpha value is -1.54. The van der Waals surface area contributed by atoms with Gasteiger partial charge in [0.25, 0.3) is 0 Å². The molecule has 1 amide bonds. The van der Waals surface area contributed by atoms with Crippen molar-refractivity contribution >= 4 is 15.9 Å². The number of hydrogen-bond acceptors (Lipinski definition) is 3. The highest BCUT2D eigenvalue weighted by Gasteiger charge is 2.32. The fourth-order valence-corrected chi connectivity index (χ4v) is 4.34. The second kappa shape index (κ2) is 6.92. The molecule has 0 bridgehead atoms. The number of likely N-dealkylation sites (tertiary alicyclic amines) is 1. The quantitative estimate of drug-likeness (QED) is 0.906. The molecule has 8 heteroatoms. The molecule has 5 nitrogen and oxygen atoms in total. The second-order valence-corrected chi connectivity index (χ2v) is 7.78. The number of sulfonamides is 1. The highest BCUT2D eigenvalue weighted by atomic mass is 32.2. The van der Waals surface area contributed by atoms with E-state index < -0.39 is 32.9 Å². The van der Waals surface area contributed by atoms with Gasteiger partial charge in [-0.05, 0) is 37.5 Å². The zero-order chi connectivity index (χ0) is 17.2. The van der Waals surface area contributed by atoms with Gasteiger partial charge in [-0.25, -0.2) is 21.9 Å². The van der Waals surface area contributed by atoms with Gasteiger partial charge in [0.1, 0.15) is 0 Å². The third-order valence-electron chi connectivity index (χ3n) is 4.05. The van der Waals surface area contributed by atoms with E-state index in [0.717, 1.165) is 12.1 Å². The van der Waals surface area contributed by atoms with Crippen molar-refractivity contribution in [1.82, 2.24) is 9.62 Å². The van der Waals surface area contributed by atoms with Gasteiger partial charge in [-0.3, -0.25) is 4.79 Å². The lowest BCUT2D eigenvalue weighted by Gasteiger charge is -2.32. The van der Waals surface area contributed by atoms with Crippen LogP contribution < -0.4 is 4.72 Å². The number of halogens is 2. The highest BCUT2D eigenvalue weighted by Crippen LogP contribution is 2.21. The van der Waals surface area contributed by atoms with Crippen LogP contribution in [0.5, 0.6) is 0 Å². The number of rotatable bonds is 4. The fraction of sp³-hybridized carbons (Fsp3) is 0.533. The molecule has 1 N–H and O–H groups in total. The first-order chi connectivity index (χ1) is 10.7. The number of carbonyl (C=O) groups excluding carboxylic acids is 1. The van der Waals surface area contributed by atoms with Gasteiger partial charge in [0.2, 0.25) is 15.9 Å². The molecule has 0 saturated carbocycles. The lowest BCUT2D eigenvalue weighted by Crippen LogP contribution is -2.48. The first-order valence-corrected chi connectivity index (χ1v) is 8.97. The van der Waals surface area contributed by atoms with Crippen LogP contribution in [-0.2, 0) is 14.8 Å². The van der Waals surface area contributed by atoms with Crippen molar-refractivity contribution in [1.29, 1.82) is 0 Å². The van der Waals surface area contributed by atoms with E-state index in [1.165, 1.54) is 17.9 Å². The number of nitrogens with one attached hydrogen (secondary N) is 1. The van der Waals surface area contributed by atoms with Crippen LogP contribution in [0.2, 0.25) is 0 Å². The summed E-state index contributed by atoms with van der Waals surface area (Å²) in [5.41, 5.74) is 0.340. The maximum atomic E-state index is 13.3. The number of nitrogens with zero attached hydrogens (tertiary/aromatic N) is 1. The van der Waals surface area contributed by atoms with Crippen molar-refractivity contribution in [3.8, 4) is 0 Å². The van der Waals surface area contributed by atoms with E-state index in [2.05, 4.69) is 4.72 Å². The van der Waals surface area contributed by atoms with Gasteiger partial charge in [-0.15, -0.1) is 0 Å². The third kappa shape index (κ3) is 4.26. The lowest BCUT2D eigenvalue weighted by atomic mass is 10.1. The number of hydrogen-bond donors (Lipinski definition) is 1. The Morgan fingerprint density at radius 1 is 1.35 bits per heavy atom. The van der Waals surface area contributed by atoms with E-state index in [-0.39, 0.29) is 12.5 Å². The van der Waals surface area contributed by atoms with Crippen LogP contribution in [0, 0.1) is 11.6 Å². The van der Waals surface area contributed by atoms with E-state index >= 15 is 0 Å². The molecule has 2 rings (SSSR count). The Balaban J connectivity index is 2.10. The Labute approximate surface area is 134 Å². The van der Waals surface area contributed by atoms with Gasteiger partial charge < -0.3 is 4.90 Å². The molecule has 1 aromatic rings. The topological polar surface area (TPSA) is 66.5 Å². The van der Waals surface area contributed by atoms with Gasteiger partial charge in [-0.2, -0.15) is 0 Å². The minimum absolute atomic E-state index is 0.148. The fourth-order valence-electron chi connectivity index (χ4n) is 2.67. The summed E-state index contributed by atoms with van der Waals surface area (Å²) >= 11 is 0. The molecule has 1 heterocycles. The summed E-state index contributed by atoms with van der Waals surface area (Å²) in [5, 5.41) is -0.701.